The third-order valence-electron chi connectivity index (χ3n) is 2.64. The first-order chi connectivity index (χ1) is 9.95. The molecule has 0 saturated carbocycles. The molecule has 2 aromatic carbocycles. The summed E-state index contributed by atoms with van der Waals surface area (Å²) in [5.74, 6) is 0.103. The first-order valence-electron chi connectivity index (χ1n) is 5.88. The Balaban J connectivity index is 2.16. The number of nitrogens with one attached hydrogen (secondary N) is 1. The van der Waals surface area contributed by atoms with Crippen molar-refractivity contribution in [3.8, 4) is 5.75 Å². The Hall–Kier alpha value is -0.790. The standard InChI is InChI=1S/C14H10Cl2F2INO/c15-9-2-4-13(21-14(17)18)8(5-9)7-20-12-3-1-10(16)6-11(12)19/h1-6,14,20H,7H2. The molecule has 2 rings (SSSR count). The third kappa shape index (κ3) is 4.86. The van der Waals surface area contributed by atoms with Crippen LogP contribution in [0.25, 0.3) is 0 Å². The Labute approximate surface area is 144 Å². The van der Waals surface area contributed by atoms with Crippen LogP contribution in [0.4, 0.5) is 14.5 Å². The molecule has 21 heavy (non-hydrogen) atoms. The molecule has 0 bridgehead atoms. The van der Waals surface area contributed by atoms with Crippen molar-refractivity contribution in [2.75, 3.05) is 5.32 Å². The van der Waals surface area contributed by atoms with Gasteiger partial charge in [-0.25, -0.2) is 0 Å². The maximum absolute atomic E-state index is 12.4. The predicted octanol–water partition coefficient (Wildman–Crippen LogP) is 5.81. The van der Waals surface area contributed by atoms with E-state index in [0.29, 0.717) is 22.2 Å². The van der Waals surface area contributed by atoms with E-state index in [0.717, 1.165) is 9.26 Å². The zero-order chi connectivity index (χ0) is 15.4. The molecule has 0 aliphatic rings. The highest BCUT2D eigenvalue weighted by Crippen LogP contribution is 2.27. The fourth-order valence-corrected chi connectivity index (χ4v) is 2.98. The SMILES string of the molecule is FC(F)Oc1ccc(Cl)cc1CNc1ccc(Cl)cc1I. The van der Waals surface area contributed by atoms with Crippen LogP contribution in [-0.4, -0.2) is 6.61 Å². The van der Waals surface area contributed by atoms with E-state index in [-0.39, 0.29) is 5.75 Å². The Bertz CT molecular complexity index is 640. The summed E-state index contributed by atoms with van der Waals surface area (Å²) in [4.78, 5) is 0. The highest BCUT2D eigenvalue weighted by Gasteiger charge is 2.11. The molecule has 112 valence electrons. The maximum atomic E-state index is 12.4. The van der Waals surface area contributed by atoms with Gasteiger partial charge < -0.3 is 10.1 Å². The van der Waals surface area contributed by atoms with Crippen molar-refractivity contribution in [1.82, 2.24) is 0 Å². The molecular weight excluding hydrogens is 434 g/mol. The molecule has 0 heterocycles. The smallest absolute Gasteiger partial charge is 0.387 e. The summed E-state index contributed by atoms with van der Waals surface area (Å²) in [5, 5.41) is 4.24. The molecule has 2 nitrogen and oxygen atoms in total. The van der Waals surface area contributed by atoms with Gasteiger partial charge in [-0.15, -0.1) is 0 Å². The average molecular weight is 444 g/mol. The normalized spacial score (nSPS) is 10.8. The lowest BCUT2D eigenvalue weighted by atomic mass is 10.2. The van der Waals surface area contributed by atoms with Crippen LogP contribution in [0.15, 0.2) is 36.4 Å². The van der Waals surface area contributed by atoms with Gasteiger partial charge in [-0.3, -0.25) is 0 Å². The fraction of sp³-hybridized carbons (Fsp3) is 0.143. The maximum Gasteiger partial charge on any atom is 0.387 e. The van der Waals surface area contributed by atoms with Crippen LogP contribution in [0.1, 0.15) is 5.56 Å². The number of hydrogen-bond acceptors (Lipinski definition) is 2. The van der Waals surface area contributed by atoms with Gasteiger partial charge in [0.05, 0.1) is 0 Å². The average Bonchev–Trinajstić information content (AvgIpc) is 2.40. The molecule has 0 saturated heterocycles. The van der Waals surface area contributed by atoms with Crippen LogP contribution in [0.5, 0.6) is 5.75 Å². The van der Waals surface area contributed by atoms with Crippen LogP contribution in [0.3, 0.4) is 0 Å². The Kier molecular flexibility index (Phi) is 5.89. The van der Waals surface area contributed by atoms with Crippen LogP contribution in [0.2, 0.25) is 10.0 Å². The third-order valence-corrected chi connectivity index (χ3v) is 4.00. The lowest BCUT2D eigenvalue weighted by Gasteiger charge is -2.13. The molecule has 1 N–H and O–H groups in total. The summed E-state index contributed by atoms with van der Waals surface area (Å²) < 4.78 is 30.2. The molecule has 2 aromatic rings. The number of hydrogen-bond donors (Lipinski definition) is 1. The molecule has 0 unspecified atom stereocenters. The summed E-state index contributed by atoms with van der Waals surface area (Å²) in [6, 6.07) is 9.91. The van der Waals surface area contributed by atoms with E-state index < -0.39 is 6.61 Å². The molecule has 0 radical (unpaired) electrons. The van der Waals surface area contributed by atoms with Crippen molar-refractivity contribution in [3.63, 3.8) is 0 Å². The Morgan fingerprint density at radius 2 is 1.76 bits per heavy atom. The van der Waals surface area contributed by atoms with Gasteiger partial charge in [0.25, 0.3) is 0 Å². The number of halogens is 5. The van der Waals surface area contributed by atoms with Gasteiger partial charge >= 0.3 is 6.61 Å². The summed E-state index contributed by atoms with van der Waals surface area (Å²) in [5.41, 5.74) is 1.40. The quantitative estimate of drug-likeness (QED) is 0.588. The fourth-order valence-electron chi connectivity index (χ4n) is 1.72. The van der Waals surface area contributed by atoms with E-state index in [4.69, 9.17) is 23.2 Å². The second-order valence-electron chi connectivity index (χ2n) is 4.11. The first-order valence-corrected chi connectivity index (χ1v) is 7.71. The first kappa shape index (κ1) is 16.6. The molecule has 0 spiro atoms. The van der Waals surface area contributed by atoms with E-state index in [9.17, 15) is 8.78 Å². The van der Waals surface area contributed by atoms with Crippen molar-refractivity contribution in [2.24, 2.45) is 0 Å². The van der Waals surface area contributed by atoms with Gasteiger partial charge in [0.15, 0.2) is 0 Å². The lowest BCUT2D eigenvalue weighted by Crippen LogP contribution is -2.07. The van der Waals surface area contributed by atoms with E-state index >= 15 is 0 Å². The van der Waals surface area contributed by atoms with Gasteiger partial charge in [-0.2, -0.15) is 8.78 Å². The molecule has 0 fully saturated rings. The van der Waals surface area contributed by atoms with Gasteiger partial charge in [-0.1, -0.05) is 23.2 Å². The highest BCUT2D eigenvalue weighted by molar-refractivity contribution is 14.1. The molecule has 7 heteroatoms. The molecule has 0 atom stereocenters. The number of anilines is 1. The summed E-state index contributed by atoms with van der Waals surface area (Å²) in [6.07, 6.45) is 0. The highest BCUT2D eigenvalue weighted by atomic mass is 127. The van der Waals surface area contributed by atoms with E-state index in [2.05, 4.69) is 32.6 Å². The minimum atomic E-state index is -2.87. The second kappa shape index (κ2) is 7.47. The Morgan fingerprint density at radius 3 is 2.43 bits per heavy atom. The summed E-state index contributed by atoms with van der Waals surface area (Å²) >= 11 is 13.9. The van der Waals surface area contributed by atoms with Gasteiger partial charge in [0, 0.05) is 31.4 Å². The minimum absolute atomic E-state index is 0.103. The van der Waals surface area contributed by atoms with Crippen molar-refractivity contribution in [3.05, 3.63) is 55.6 Å². The Morgan fingerprint density at radius 1 is 1.10 bits per heavy atom. The molecule has 0 aliphatic carbocycles. The van der Waals surface area contributed by atoms with E-state index in [1.165, 1.54) is 12.1 Å². The van der Waals surface area contributed by atoms with Gasteiger partial charge in [0.2, 0.25) is 0 Å². The summed E-state index contributed by atoms with van der Waals surface area (Å²) in [7, 11) is 0. The van der Waals surface area contributed by atoms with Crippen LogP contribution < -0.4 is 10.1 Å². The zero-order valence-corrected chi connectivity index (χ0v) is 14.2. The van der Waals surface area contributed by atoms with Crippen molar-refractivity contribution >= 4 is 51.5 Å². The number of alkyl halides is 2. The van der Waals surface area contributed by atoms with Crippen molar-refractivity contribution in [1.29, 1.82) is 0 Å². The molecule has 0 aromatic heterocycles. The van der Waals surface area contributed by atoms with E-state index in [1.54, 1.807) is 18.2 Å². The van der Waals surface area contributed by atoms with Crippen LogP contribution in [0, 0.1) is 3.57 Å². The minimum Gasteiger partial charge on any atom is -0.434 e. The zero-order valence-electron chi connectivity index (χ0n) is 10.5. The van der Waals surface area contributed by atoms with Gasteiger partial charge in [-0.05, 0) is 59.0 Å². The lowest BCUT2D eigenvalue weighted by molar-refractivity contribution is -0.0504. The van der Waals surface area contributed by atoms with Gasteiger partial charge in [0.1, 0.15) is 5.75 Å². The molecular formula is C14H10Cl2F2INO. The number of benzene rings is 2. The largest absolute Gasteiger partial charge is 0.434 e. The summed E-state index contributed by atoms with van der Waals surface area (Å²) in [6.45, 7) is -2.57. The monoisotopic (exact) mass is 443 g/mol. The molecule has 0 aliphatic heterocycles. The van der Waals surface area contributed by atoms with Crippen LogP contribution in [-0.2, 0) is 6.54 Å². The predicted molar refractivity (Wildman–Crippen MR) is 89.6 cm³/mol. The molecule has 0 amide bonds. The topological polar surface area (TPSA) is 21.3 Å². The number of rotatable bonds is 5. The second-order valence-corrected chi connectivity index (χ2v) is 6.14. The van der Waals surface area contributed by atoms with Crippen LogP contribution >= 0.6 is 45.8 Å². The van der Waals surface area contributed by atoms with E-state index in [1.807, 2.05) is 6.07 Å². The van der Waals surface area contributed by atoms with Crippen molar-refractivity contribution in [2.45, 2.75) is 13.2 Å². The van der Waals surface area contributed by atoms with Crippen molar-refractivity contribution < 1.29 is 13.5 Å². The number of ether oxygens (including phenoxy) is 1.